The molecule has 96 valence electrons. The van der Waals surface area contributed by atoms with Gasteiger partial charge in [-0.05, 0) is 18.6 Å². The Bertz CT molecular complexity index is 448. The summed E-state index contributed by atoms with van der Waals surface area (Å²) in [6.45, 7) is 1.60. The summed E-state index contributed by atoms with van der Waals surface area (Å²) in [7, 11) is 1.30. The van der Waals surface area contributed by atoms with Crippen molar-refractivity contribution in [3.05, 3.63) is 29.8 Å². The second-order valence-corrected chi connectivity index (χ2v) is 4.31. The number of benzene rings is 1. The molecule has 1 aliphatic rings. The summed E-state index contributed by atoms with van der Waals surface area (Å²) in [6.07, 6.45) is 0.635. The molecule has 5 nitrogen and oxygen atoms in total. The Morgan fingerprint density at radius 2 is 2.17 bits per heavy atom. The van der Waals surface area contributed by atoms with Crippen LogP contribution in [0.1, 0.15) is 12.5 Å². The Morgan fingerprint density at radius 1 is 1.44 bits per heavy atom. The minimum Gasteiger partial charge on any atom is -0.467 e. The first-order valence-electron chi connectivity index (χ1n) is 5.84. The van der Waals surface area contributed by atoms with Crippen LogP contribution in [0.15, 0.2) is 24.3 Å². The smallest absolute Gasteiger partial charge is 0.328 e. The van der Waals surface area contributed by atoms with E-state index >= 15 is 0 Å². The number of hydrogen-bond acceptors (Lipinski definition) is 4. The van der Waals surface area contributed by atoms with Crippen molar-refractivity contribution in [2.24, 2.45) is 0 Å². The molecule has 5 heteroatoms. The van der Waals surface area contributed by atoms with E-state index in [2.05, 4.69) is 15.4 Å². The number of nitrogens with one attached hydrogen (secondary N) is 2. The topological polar surface area (TPSA) is 67.4 Å². The molecule has 0 bridgehead atoms. The lowest BCUT2D eigenvalue weighted by molar-refractivity contribution is -0.144. The average molecular weight is 248 g/mol. The minimum absolute atomic E-state index is 0.191. The maximum atomic E-state index is 12.0. The number of amides is 1. The molecule has 0 fully saturated rings. The van der Waals surface area contributed by atoms with Crippen LogP contribution in [0.4, 0.5) is 5.69 Å². The van der Waals surface area contributed by atoms with Gasteiger partial charge in [0.05, 0.1) is 7.11 Å². The monoisotopic (exact) mass is 248 g/mol. The summed E-state index contributed by atoms with van der Waals surface area (Å²) in [5, 5.41) is 5.76. The van der Waals surface area contributed by atoms with E-state index in [0.29, 0.717) is 6.42 Å². The van der Waals surface area contributed by atoms with Crippen LogP contribution in [0.5, 0.6) is 0 Å². The van der Waals surface area contributed by atoms with Gasteiger partial charge in [-0.25, -0.2) is 4.79 Å². The maximum Gasteiger partial charge on any atom is 0.328 e. The molecule has 0 aliphatic carbocycles. The molecule has 1 aromatic rings. The molecule has 0 saturated heterocycles. The van der Waals surface area contributed by atoms with Crippen LogP contribution < -0.4 is 10.6 Å². The molecule has 1 amide bonds. The standard InChI is InChI=1S/C13H16N2O3/c1-8(13(17)18-2)14-12(16)11-7-9-5-3-4-6-10(9)15-11/h3-6,8,11,15H,7H2,1-2H3,(H,14,16)/t8-,11-/m0/s1. The van der Waals surface area contributed by atoms with Crippen molar-refractivity contribution in [1.82, 2.24) is 5.32 Å². The van der Waals surface area contributed by atoms with E-state index in [-0.39, 0.29) is 11.9 Å². The van der Waals surface area contributed by atoms with Crippen LogP contribution in [0.25, 0.3) is 0 Å². The number of hydrogen-bond donors (Lipinski definition) is 2. The SMILES string of the molecule is COC(=O)[C@H](C)NC(=O)[C@@H]1Cc2ccccc2N1. The third kappa shape index (κ3) is 2.45. The summed E-state index contributed by atoms with van der Waals surface area (Å²) < 4.78 is 4.56. The van der Waals surface area contributed by atoms with Gasteiger partial charge < -0.3 is 15.4 Å². The van der Waals surface area contributed by atoms with Gasteiger partial charge in [0.15, 0.2) is 0 Å². The maximum absolute atomic E-state index is 12.0. The molecule has 2 atom stereocenters. The zero-order valence-electron chi connectivity index (χ0n) is 10.4. The van der Waals surface area contributed by atoms with E-state index in [4.69, 9.17) is 0 Å². The number of anilines is 1. The summed E-state index contributed by atoms with van der Waals surface area (Å²) in [6, 6.07) is 6.83. The lowest BCUT2D eigenvalue weighted by Gasteiger charge is -2.15. The fourth-order valence-corrected chi connectivity index (χ4v) is 2.01. The van der Waals surface area contributed by atoms with Crippen LogP contribution in [0.3, 0.4) is 0 Å². The molecule has 2 rings (SSSR count). The van der Waals surface area contributed by atoms with Crippen LogP contribution in [0, 0.1) is 0 Å². The largest absolute Gasteiger partial charge is 0.467 e. The van der Waals surface area contributed by atoms with Gasteiger partial charge in [0.1, 0.15) is 12.1 Å². The van der Waals surface area contributed by atoms with Crippen LogP contribution in [-0.2, 0) is 20.7 Å². The number of rotatable bonds is 3. The Kier molecular flexibility index (Phi) is 3.50. The van der Waals surface area contributed by atoms with Crippen LogP contribution in [0.2, 0.25) is 0 Å². The normalized spacial score (nSPS) is 18.4. The highest BCUT2D eigenvalue weighted by molar-refractivity contribution is 5.90. The van der Waals surface area contributed by atoms with Gasteiger partial charge in [0.2, 0.25) is 5.91 Å². The number of fused-ring (bicyclic) bond motifs is 1. The third-order valence-electron chi connectivity index (χ3n) is 3.00. The quantitative estimate of drug-likeness (QED) is 0.773. The number of carbonyl (C=O) groups excluding carboxylic acids is 2. The summed E-state index contributed by atoms with van der Waals surface area (Å²) in [4.78, 5) is 23.2. The van der Waals surface area contributed by atoms with Gasteiger partial charge in [0, 0.05) is 12.1 Å². The molecule has 0 aromatic heterocycles. The van der Waals surface area contributed by atoms with E-state index < -0.39 is 12.0 Å². The third-order valence-corrected chi connectivity index (χ3v) is 3.00. The molecule has 0 radical (unpaired) electrons. The molecule has 0 spiro atoms. The number of ether oxygens (including phenoxy) is 1. The Morgan fingerprint density at radius 3 is 2.83 bits per heavy atom. The van der Waals surface area contributed by atoms with Gasteiger partial charge >= 0.3 is 5.97 Å². The lowest BCUT2D eigenvalue weighted by atomic mass is 10.1. The predicted molar refractivity (Wildman–Crippen MR) is 67.2 cm³/mol. The molecule has 0 unspecified atom stereocenters. The molecule has 1 aliphatic heterocycles. The van der Waals surface area contributed by atoms with Crippen LogP contribution in [-0.4, -0.2) is 31.1 Å². The first-order chi connectivity index (χ1) is 8.61. The van der Waals surface area contributed by atoms with Gasteiger partial charge in [-0.3, -0.25) is 4.79 Å². The number of methoxy groups -OCH3 is 1. The number of carbonyl (C=O) groups is 2. The molecule has 1 heterocycles. The zero-order valence-corrected chi connectivity index (χ0v) is 10.4. The predicted octanol–water partition coefficient (Wildman–Crippen LogP) is 0.701. The highest BCUT2D eigenvalue weighted by Gasteiger charge is 2.28. The van der Waals surface area contributed by atoms with Crippen molar-refractivity contribution in [3.8, 4) is 0 Å². The van der Waals surface area contributed by atoms with E-state index in [9.17, 15) is 9.59 Å². The second-order valence-electron chi connectivity index (χ2n) is 4.31. The molecule has 18 heavy (non-hydrogen) atoms. The molecule has 2 N–H and O–H groups in total. The second kappa shape index (κ2) is 5.08. The van der Waals surface area contributed by atoms with Crippen molar-refractivity contribution < 1.29 is 14.3 Å². The van der Waals surface area contributed by atoms with Gasteiger partial charge in [0.25, 0.3) is 0 Å². The average Bonchev–Trinajstić information content (AvgIpc) is 2.81. The van der Waals surface area contributed by atoms with Gasteiger partial charge in [-0.2, -0.15) is 0 Å². The Balaban J connectivity index is 1.95. The fraction of sp³-hybridized carbons (Fsp3) is 0.385. The van der Waals surface area contributed by atoms with Crippen molar-refractivity contribution in [2.75, 3.05) is 12.4 Å². The highest BCUT2D eigenvalue weighted by Crippen LogP contribution is 2.25. The first kappa shape index (κ1) is 12.4. The van der Waals surface area contributed by atoms with Crippen molar-refractivity contribution in [1.29, 1.82) is 0 Å². The van der Waals surface area contributed by atoms with E-state index in [1.165, 1.54) is 7.11 Å². The van der Waals surface area contributed by atoms with Gasteiger partial charge in [-0.15, -0.1) is 0 Å². The summed E-state index contributed by atoms with van der Waals surface area (Å²) in [5.41, 5.74) is 2.09. The molecular weight excluding hydrogens is 232 g/mol. The molecule has 0 saturated carbocycles. The van der Waals surface area contributed by atoms with E-state index in [1.807, 2.05) is 24.3 Å². The Labute approximate surface area is 106 Å². The zero-order chi connectivity index (χ0) is 13.1. The van der Waals surface area contributed by atoms with E-state index in [0.717, 1.165) is 11.3 Å². The molecule has 1 aromatic carbocycles. The highest BCUT2D eigenvalue weighted by atomic mass is 16.5. The summed E-state index contributed by atoms with van der Waals surface area (Å²) >= 11 is 0. The van der Waals surface area contributed by atoms with Crippen molar-refractivity contribution >= 4 is 17.6 Å². The number of esters is 1. The minimum atomic E-state index is -0.631. The Hall–Kier alpha value is -2.04. The van der Waals surface area contributed by atoms with E-state index in [1.54, 1.807) is 6.92 Å². The molecular formula is C13H16N2O3. The lowest BCUT2D eigenvalue weighted by Crippen LogP contribution is -2.46. The van der Waals surface area contributed by atoms with Crippen molar-refractivity contribution in [2.45, 2.75) is 25.4 Å². The summed E-state index contributed by atoms with van der Waals surface area (Å²) in [5.74, 6) is -0.636. The van der Waals surface area contributed by atoms with Gasteiger partial charge in [-0.1, -0.05) is 18.2 Å². The fourth-order valence-electron chi connectivity index (χ4n) is 2.01. The van der Waals surface area contributed by atoms with Crippen LogP contribution >= 0.6 is 0 Å². The first-order valence-corrected chi connectivity index (χ1v) is 5.84. The van der Waals surface area contributed by atoms with Crippen molar-refractivity contribution in [3.63, 3.8) is 0 Å². The number of para-hydroxylation sites is 1.